The van der Waals surface area contributed by atoms with Crippen molar-refractivity contribution in [1.29, 1.82) is 0 Å². The van der Waals surface area contributed by atoms with E-state index in [1.807, 2.05) is 24.3 Å². The van der Waals surface area contributed by atoms with Gasteiger partial charge in [-0.3, -0.25) is 9.59 Å². The van der Waals surface area contributed by atoms with Crippen molar-refractivity contribution in [3.63, 3.8) is 0 Å². The minimum atomic E-state index is -0.391. The van der Waals surface area contributed by atoms with Crippen LogP contribution in [0.3, 0.4) is 0 Å². The molecule has 0 spiro atoms. The van der Waals surface area contributed by atoms with Gasteiger partial charge in [-0.15, -0.1) is 0 Å². The van der Waals surface area contributed by atoms with E-state index in [9.17, 15) is 9.59 Å². The molecule has 5 fully saturated rings. The molecule has 4 bridgehead atoms. The van der Waals surface area contributed by atoms with Gasteiger partial charge in [0.15, 0.2) is 0 Å². The van der Waals surface area contributed by atoms with Crippen molar-refractivity contribution in [2.45, 2.75) is 44.1 Å². The molecular weight excluding hydrogens is 374 g/mol. The number of piperazine rings is 1. The first-order valence-electron chi connectivity index (χ1n) is 10.6. The monoisotopic (exact) mass is 401 g/mol. The summed E-state index contributed by atoms with van der Waals surface area (Å²) in [7, 11) is 0. The van der Waals surface area contributed by atoms with Crippen molar-refractivity contribution in [3.8, 4) is 0 Å². The maximum Gasteiger partial charge on any atom is 0.312 e. The van der Waals surface area contributed by atoms with Gasteiger partial charge in [0, 0.05) is 42.4 Å². The molecule has 4 saturated carbocycles. The summed E-state index contributed by atoms with van der Waals surface area (Å²) in [6.07, 6.45) is 7.19. The quantitative estimate of drug-likeness (QED) is 0.775. The zero-order valence-corrected chi connectivity index (χ0v) is 17.0. The lowest BCUT2D eigenvalue weighted by atomic mass is 9.53. The minimum Gasteiger partial charge on any atom is -0.368 e. The van der Waals surface area contributed by atoms with Crippen LogP contribution in [0.5, 0.6) is 0 Å². The second kappa shape index (κ2) is 6.94. The SMILES string of the molecule is O=C(NC12CC3CC(CC(C3)C1)C2)C(=O)N1CCN(c2cccc(Cl)c2)CC1. The van der Waals surface area contributed by atoms with Crippen LogP contribution in [-0.2, 0) is 9.59 Å². The highest BCUT2D eigenvalue weighted by atomic mass is 35.5. The molecule has 2 amide bonds. The topological polar surface area (TPSA) is 52.7 Å². The largest absolute Gasteiger partial charge is 0.368 e. The number of hydrogen-bond donors (Lipinski definition) is 1. The predicted molar refractivity (Wildman–Crippen MR) is 109 cm³/mol. The highest BCUT2D eigenvalue weighted by Gasteiger charge is 2.52. The molecule has 1 heterocycles. The Labute approximate surface area is 171 Å². The number of carbonyl (C=O) groups excluding carboxylic acids is 2. The van der Waals surface area contributed by atoms with E-state index in [0.717, 1.165) is 55.8 Å². The molecule has 5 nitrogen and oxygen atoms in total. The number of carbonyl (C=O) groups is 2. The fourth-order valence-electron chi connectivity index (χ4n) is 6.54. The van der Waals surface area contributed by atoms with E-state index in [4.69, 9.17) is 11.6 Å². The molecule has 5 aliphatic rings. The Bertz CT molecular complexity index is 752. The first-order chi connectivity index (χ1) is 13.5. The van der Waals surface area contributed by atoms with Crippen LogP contribution in [0.25, 0.3) is 0 Å². The molecule has 0 atom stereocenters. The van der Waals surface area contributed by atoms with Crippen molar-refractivity contribution in [2.75, 3.05) is 31.1 Å². The number of benzene rings is 1. The first kappa shape index (κ1) is 18.3. The van der Waals surface area contributed by atoms with Crippen LogP contribution in [0.15, 0.2) is 24.3 Å². The molecule has 1 aromatic rings. The molecular formula is C22H28ClN3O2. The third kappa shape index (κ3) is 3.38. The molecule has 0 aromatic heterocycles. The van der Waals surface area contributed by atoms with Gasteiger partial charge in [0.05, 0.1) is 0 Å². The van der Waals surface area contributed by atoms with Crippen molar-refractivity contribution >= 4 is 29.1 Å². The van der Waals surface area contributed by atoms with E-state index < -0.39 is 5.91 Å². The lowest BCUT2D eigenvalue weighted by Gasteiger charge is -2.56. The number of amides is 2. The Balaban J connectivity index is 1.19. The van der Waals surface area contributed by atoms with E-state index in [1.54, 1.807) is 4.90 Å². The van der Waals surface area contributed by atoms with Crippen LogP contribution < -0.4 is 10.2 Å². The van der Waals surface area contributed by atoms with Crippen LogP contribution in [-0.4, -0.2) is 48.4 Å². The summed E-state index contributed by atoms with van der Waals surface area (Å²) in [6, 6.07) is 7.77. The van der Waals surface area contributed by atoms with Gasteiger partial charge in [-0.25, -0.2) is 0 Å². The smallest absolute Gasteiger partial charge is 0.312 e. The molecule has 4 aliphatic carbocycles. The Morgan fingerprint density at radius 1 is 0.964 bits per heavy atom. The standard InChI is InChI=1S/C22H28ClN3O2/c23-18-2-1-3-19(11-18)25-4-6-26(7-5-25)21(28)20(27)24-22-12-15-8-16(13-22)10-17(9-15)14-22/h1-3,11,15-17H,4-10,12-14H2,(H,24,27). The number of nitrogens with zero attached hydrogens (tertiary/aromatic N) is 2. The van der Waals surface area contributed by atoms with E-state index >= 15 is 0 Å². The number of halogens is 1. The zero-order chi connectivity index (χ0) is 19.3. The first-order valence-corrected chi connectivity index (χ1v) is 11.0. The molecule has 1 N–H and O–H groups in total. The van der Waals surface area contributed by atoms with E-state index in [0.29, 0.717) is 18.1 Å². The maximum absolute atomic E-state index is 12.8. The summed E-state index contributed by atoms with van der Waals surface area (Å²) >= 11 is 6.09. The highest BCUT2D eigenvalue weighted by Crippen LogP contribution is 2.55. The van der Waals surface area contributed by atoms with Crippen LogP contribution in [0, 0.1) is 17.8 Å². The van der Waals surface area contributed by atoms with Gasteiger partial charge >= 0.3 is 11.8 Å². The molecule has 1 aliphatic heterocycles. The number of hydrogen-bond acceptors (Lipinski definition) is 3. The van der Waals surface area contributed by atoms with Crippen molar-refractivity contribution in [3.05, 3.63) is 29.3 Å². The van der Waals surface area contributed by atoms with E-state index in [-0.39, 0.29) is 11.4 Å². The normalized spacial score (nSPS) is 33.8. The van der Waals surface area contributed by atoms with Crippen LogP contribution in [0.2, 0.25) is 5.02 Å². The average Bonchev–Trinajstić information content (AvgIpc) is 2.66. The fraction of sp³-hybridized carbons (Fsp3) is 0.636. The van der Waals surface area contributed by atoms with E-state index in [2.05, 4.69) is 10.2 Å². The fourth-order valence-corrected chi connectivity index (χ4v) is 6.73. The van der Waals surface area contributed by atoms with Crippen molar-refractivity contribution < 1.29 is 9.59 Å². The van der Waals surface area contributed by atoms with Gasteiger partial charge in [-0.2, -0.15) is 0 Å². The van der Waals surface area contributed by atoms with Crippen molar-refractivity contribution in [1.82, 2.24) is 10.2 Å². The summed E-state index contributed by atoms with van der Waals surface area (Å²) in [5.74, 6) is 1.51. The second-order valence-electron chi connectivity index (χ2n) is 9.41. The van der Waals surface area contributed by atoms with Gasteiger partial charge in [-0.05, 0) is 74.5 Å². The molecule has 1 aromatic carbocycles. The summed E-state index contributed by atoms with van der Waals surface area (Å²) in [5, 5.41) is 3.92. The average molecular weight is 402 g/mol. The van der Waals surface area contributed by atoms with Crippen LogP contribution >= 0.6 is 11.6 Å². The molecule has 6 rings (SSSR count). The third-order valence-electron chi connectivity index (χ3n) is 7.35. The summed E-state index contributed by atoms with van der Waals surface area (Å²) in [6.45, 7) is 2.58. The van der Waals surface area contributed by atoms with Crippen molar-refractivity contribution in [2.24, 2.45) is 17.8 Å². The highest BCUT2D eigenvalue weighted by molar-refractivity contribution is 6.35. The number of rotatable bonds is 2. The van der Waals surface area contributed by atoms with Gasteiger partial charge in [-0.1, -0.05) is 17.7 Å². The summed E-state index contributed by atoms with van der Waals surface area (Å²) < 4.78 is 0. The van der Waals surface area contributed by atoms with Gasteiger partial charge in [0.2, 0.25) is 0 Å². The maximum atomic E-state index is 12.8. The molecule has 28 heavy (non-hydrogen) atoms. The lowest BCUT2D eigenvalue weighted by Crippen LogP contribution is -2.62. The second-order valence-corrected chi connectivity index (χ2v) is 9.85. The molecule has 0 radical (unpaired) electrons. The van der Waals surface area contributed by atoms with Gasteiger partial charge < -0.3 is 15.1 Å². The number of anilines is 1. The third-order valence-corrected chi connectivity index (χ3v) is 7.59. The van der Waals surface area contributed by atoms with Crippen LogP contribution in [0.1, 0.15) is 38.5 Å². The Morgan fingerprint density at radius 2 is 1.57 bits per heavy atom. The Morgan fingerprint density at radius 3 is 2.14 bits per heavy atom. The summed E-state index contributed by atoms with van der Waals surface area (Å²) in [5.41, 5.74) is 0.960. The Hall–Kier alpha value is -1.75. The van der Waals surface area contributed by atoms with E-state index in [1.165, 1.54) is 19.3 Å². The van der Waals surface area contributed by atoms with Gasteiger partial charge in [0.25, 0.3) is 0 Å². The summed E-state index contributed by atoms with van der Waals surface area (Å²) in [4.78, 5) is 29.5. The molecule has 6 heteroatoms. The zero-order valence-electron chi connectivity index (χ0n) is 16.2. The predicted octanol–water partition coefficient (Wildman–Crippen LogP) is 3.07. The Kier molecular flexibility index (Phi) is 4.53. The lowest BCUT2D eigenvalue weighted by molar-refractivity contribution is -0.149. The van der Waals surface area contributed by atoms with Gasteiger partial charge in [0.1, 0.15) is 0 Å². The van der Waals surface area contributed by atoms with Crippen LogP contribution in [0.4, 0.5) is 5.69 Å². The number of nitrogens with one attached hydrogen (secondary N) is 1. The molecule has 0 unspecified atom stereocenters. The minimum absolute atomic E-state index is 0.107. The molecule has 1 saturated heterocycles. The molecule has 150 valence electrons.